The van der Waals surface area contributed by atoms with Crippen LogP contribution in [0.5, 0.6) is 34.5 Å². The molecule has 0 radical (unpaired) electrons. The van der Waals surface area contributed by atoms with Crippen molar-refractivity contribution >= 4 is 24.1 Å². The van der Waals surface area contributed by atoms with Crippen LogP contribution in [-0.2, 0) is 4.74 Å². The summed E-state index contributed by atoms with van der Waals surface area (Å²) < 4.78 is 38.4. The van der Waals surface area contributed by atoms with Gasteiger partial charge in [-0.05, 0) is 24.3 Å². The van der Waals surface area contributed by atoms with E-state index in [2.05, 4.69) is 0 Å². The van der Waals surface area contributed by atoms with E-state index < -0.39 is 0 Å². The van der Waals surface area contributed by atoms with Crippen molar-refractivity contribution in [2.75, 3.05) is 54.9 Å². The van der Waals surface area contributed by atoms with Gasteiger partial charge in [0.2, 0.25) is 11.5 Å². The first-order valence-corrected chi connectivity index (χ1v) is 9.90. The summed E-state index contributed by atoms with van der Waals surface area (Å²) in [5, 5.41) is 15.2. The third kappa shape index (κ3) is 7.22. The molecule has 0 unspecified atom stereocenters. The van der Waals surface area contributed by atoms with Gasteiger partial charge >= 0.3 is 0 Å². The Morgan fingerprint density at radius 1 is 0.618 bits per heavy atom. The van der Waals surface area contributed by atoms with Crippen molar-refractivity contribution in [1.29, 1.82) is 10.8 Å². The van der Waals surface area contributed by atoms with Crippen LogP contribution in [0, 0.1) is 10.8 Å². The van der Waals surface area contributed by atoms with Crippen molar-refractivity contribution < 1.29 is 33.2 Å². The maximum atomic E-state index is 7.59. The second-order valence-corrected chi connectivity index (χ2v) is 6.56. The van der Waals surface area contributed by atoms with Crippen LogP contribution in [0.2, 0.25) is 0 Å². The summed E-state index contributed by atoms with van der Waals surface area (Å²) >= 11 is 0. The van der Waals surface area contributed by atoms with E-state index in [1.165, 1.54) is 28.4 Å². The van der Waals surface area contributed by atoms with E-state index in [1.807, 2.05) is 0 Å². The zero-order chi connectivity index (χ0) is 24.4. The molecule has 0 spiro atoms. The summed E-state index contributed by atoms with van der Waals surface area (Å²) in [5.74, 6) is 2.17. The molecule has 0 saturated heterocycles. The van der Waals surface area contributed by atoms with Crippen LogP contribution >= 0.6 is 12.4 Å². The van der Waals surface area contributed by atoms with E-state index in [0.29, 0.717) is 45.6 Å². The highest BCUT2D eigenvalue weighted by Gasteiger charge is 2.17. The molecule has 0 saturated carbocycles. The van der Waals surface area contributed by atoms with Crippen LogP contribution < -0.4 is 39.9 Å². The predicted molar refractivity (Wildman–Crippen MR) is 130 cm³/mol. The molecule has 2 aromatic carbocycles. The summed E-state index contributed by atoms with van der Waals surface area (Å²) in [5.41, 5.74) is 12.0. The lowest BCUT2D eigenvalue weighted by Crippen LogP contribution is -2.15. The minimum absolute atomic E-state index is 0. The largest absolute Gasteiger partial charge is 0.493 e. The summed E-state index contributed by atoms with van der Waals surface area (Å²) in [6.45, 7) is 1.02. The molecule has 0 aromatic heterocycles. The Labute approximate surface area is 204 Å². The van der Waals surface area contributed by atoms with E-state index >= 15 is 0 Å². The predicted octanol–water partition coefficient (Wildman–Crippen LogP) is 2.19. The quantitative estimate of drug-likeness (QED) is 0.173. The molecule has 2 rings (SSSR count). The zero-order valence-electron chi connectivity index (χ0n) is 19.6. The molecule has 34 heavy (non-hydrogen) atoms. The monoisotopic (exact) mass is 498 g/mol. The number of ether oxygens (including phenoxy) is 7. The van der Waals surface area contributed by atoms with Crippen molar-refractivity contribution in [2.45, 2.75) is 0 Å². The third-order valence-electron chi connectivity index (χ3n) is 4.49. The molecule has 0 atom stereocenters. The molecule has 0 fully saturated rings. The minimum Gasteiger partial charge on any atom is -0.493 e. The van der Waals surface area contributed by atoms with Crippen LogP contribution in [-0.4, -0.2) is 66.5 Å². The molecule has 188 valence electrons. The van der Waals surface area contributed by atoms with Crippen molar-refractivity contribution in [3.05, 3.63) is 35.4 Å². The molecule has 11 nitrogen and oxygen atoms in total. The Morgan fingerprint density at radius 3 is 1.15 bits per heavy atom. The summed E-state index contributed by atoms with van der Waals surface area (Å²) in [6, 6.07) is 6.42. The molecular weight excluding hydrogens is 468 g/mol. The maximum absolute atomic E-state index is 7.59. The molecule has 12 heteroatoms. The topological polar surface area (TPSA) is 164 Å². The van der Waals surface area contributed by atoms with E-state index in [4.69, 9.17) is 55.4 Å². The number of methoxy groups -OCH3 is 4. The van der Waals surface area contributed by atoms with Crippen LogP contribution in [0.4, 0.5) is 0 Å². The first-order chi connectivity index (χ1) is 15.9. The smallest absolute Gasteiger partial charge is 0.203 e. The highest BCUT2D eigenvalue weighted by atomic mass is 35.5. The second-order valence-electron chi connectivity index (χ2n) is 6.56. The van der Waals surface area contributed by atoms with Crippen molar-refractivity contribution in [2.24, 2.45) is 11.5 Å². The fourth-order valence-electron chi connectivity index (χ4n) is 2.86. The molecule has 0 aliphatic rings. The Hall–Kier alpha value is -3.57. The van der Waals surface area contributed by atoms with Gasteiger partial charge in [0.25, 0.3) is 0 Å². The van der Waals surface area contributed by atoms with E-state index in [0.717, 1.165) is 0 Å². The third-order valence-corrected chi connectivity index (χ3v) is 4.49. The van der Waals surface area contributed by atoms with E-state index in [9.17, 15) is 0 Å². The number of benzene rings is 2. The van der Waals surface area contributed by atoms with Gasteiger partial charge in [-0.2, -0.15) is 0 Å². The fraction of sp³-hybridized carbons (Fsp3) is 0.364. The Kier molecular flexibility index (Phi) is 11.6. The molecular formula is C22H31ClN4O7. The second kappa shape index (κ2) is 13.9. The Balaban J connectivity index is 0.00000578. The van der Waals surface area contributed by atoms with Crippen molar-refractivity contribution in [3.8, 4) is 34.5 Å². The lowest BCUT2D eigenvalue weighted by atomic mass is 10.1. The number of amidine groups is 2. The first-order valence-electron chi connectivity index (χ1n) is 9.90. The Morgan fingerprint density at radius 2 is 0.912 bits per heavy atom. The first kappa shape index (κ1) is 28.5. The van der Waals surface area contributed by atoms with Gasteiger partial charge < -0.3 is 44.6 Å². The van der Waals surface area contributed by atoms with Gasteiger partial charge in [-0.15, -0.1) is 12.4 Å². The molecule has 2 aromatic rings. The highest BCUT2D eigenvalue weighted by Crippen LogP contribution is 2.39. The average Bonchev–Trinajstić information content (AvgIpc) is 2.82. The molecule has 0 aliphatic heterocycles. The molecule has 0 amide bonds. The summed E-state index contributed by atoms with van der Waals surface area (Å²) in [7, 11) is 5.96. The lowest BCUT2D eigenvalue weighted by molar-refractivity contribution is 0.0736. The molecule has 0 bridgehead atoms. The van der Waals surface area contributed by atoms with Crippen LogP contribution in [0.25, 0.3) is 0 Å². The van der Waals surface area contributed by atoms with Crippen LogP contribution in [0.3, 0.4) is 0 Å². The van der Waals surface area contributed by atoms with Crippen molar-refractivity contribution in [3.63, 3.8) is 0 Å². The minimum atomic E-state index is -0.106. The van der Waals surface area contributed by atoms with Gasteiger partial charge in [0.1, 0.15) is 24.9 Å². The van der Waals surface area contributed by atoms with Crippen LogP contribution in [0.1, 0.15) is 11.1 Å². The SMILES string of the molecule is COc1cc(C(=N)N)cc(OC)c1OCCOCCOc1c(OC)cc(C(=N)N)cc1OC.Cl. The number of nitrogen functional groups attached to an aromatic ring is 2. The Bertz CT molecular complexity index is 860. The van der Waals surface area contributed by atoms with E-state index in [1.54, 1.807) is 24.3 Å². The van der Waals surface area contributed by atoms with Crippen molar-refractivity contribution in [1.82, 2.24) is 0 Å². The zero-order valence-corrected chi connectivity index (χ0v) is 20.4. The fourth-order valence-corrected chi connectivity index (χ4v) is 2.86. The van der Waals surface area contributed by atoms with Crippen LogP contribution in [0.15, 0.2) is 24.3 Å². The maximum Gasteiger partial charge on any atom is 0.203 e. The number of halogens is 1. The van der Waals surface area contributed by atoms with Gasteiger partial charge in [-0.25, -0.2) is 0 Å². The number of nitrogens with two attached hydrogens (primary N) is 2. The van der Waals surface area contributed by atoms with Gasteiger partial charge in [-0.3, -0.25) is 10.8 Å². The number of nitrogens with one attached hydrogen (secondary N) is 2. The number of hydrogen-bond donors (Lipinski definition) is 4. The standard InChI is InChI=1S/C22H30N4O7.ClH/c1-27-15-9-13(21(23)24)10-16(28-2)19(15)32-7-5-31-6-8-33-20-17(29-3)11-14(22(25)26)12-18(20)30-4;/h9-12H,5-8H2,1-4H3,(H3,23,24)(H3,25,26);1H. The average molecular weight is 499 g/mol. The summed E-state index contributed by atoms with van der Waals surface area (Å²) in [6.07, 6.45) is 0. The number of rotatable bonds is 14. The highest BCUT2D eigenvalue weighted by molar-refractivity contribution is 5.96. The summed E-state index contributed by atoms with van der Waals surface area (Å²) in [4.78, 5) is 0. The molecule has 6 N–H and O–H groups in total. The number of hydrogen-bond acceptors (Lipinski definition) is 9. The normalized spacial score (nSPS) is 10.0. The lowest BCUT2D eigenvalue weighted by Gasteiger charge is -2.17. The molecule has 0 aliphatic carbocycles. The van der Waals surface area contributed by atoms with Gasteiger partial charge in [0.15, 0.2) is 23.0 Å². The van der Waals surface area contributed by atoms with E-state index in [-0.39, 0.29) is 50.5 Å². The molecule has 0 heterocycles. The van der Waals surface area contributed by atoms with Gasteiger partial charge in [-0.1, -0.05) is 0 Å². The van der Waals surface area contributed by atoms with Gasteiger partial charge in [0, 0.05) is 11.1 Å². The van der Waals surface area contributed by atoms with Gasteiger partial charge in [0.05, 0.1) is 41.7 Å².